The van der Waals surface area contributed by atoms with Gasteiger partial charge in [0.05, 0.1) is 11.1 Å². The van der Waals surface area contributed by atoms with E-state index in [2.05, 4.69) is 5.32 Å². The van der Waals surface area contributed by atoms with Crippen molar-refractivity contribution in [1.82, 2.24) is 10.2 Å². The zero-order valence-corrected chi connectivity index (χ0v) is 13.9. The van der Waals surface area contributed by atoms with Crippen molar-refractivity contribution in [3.8, 4) is 0 Å². The zero-order valence-electron chi connectivity index (χ0n) is 13.9. The number of carbonyl (C=O) groups is 3. The summed E-state index contributed by atoms with van der Waals surface area (Å²) in [5, 5.41) is 2.81. The van der Waals surface area contributed by atoms with E-state index < -0.39 is 0 Å². The first-order valence-corrected chi connectivity index (χ1v) is 8.57. The first kappa shape index (κ1) is 16.6. The van der Waals surface area contributed by atoms with Crippen molar-refractivity contribution in [3.63, 3.8) is 0 Å². The molecule has 1 aromatic carbocycles. The average Bonchev–Trinajstić information content (AvgIpc) is 3.40. The molecule has 0 spiro atoms. The van der Waals surface area contributed by atoms with Crippen LogP contribution in [0.15, 0.2) is 18.2 Å². The predicted molar refractivity (Wildman–Crippen MR) is 89.7 cm³/mol. The van der Waals surface area contributed by atoms with Crippen LogP contribution in [0.3, 0.4) is 0 Å². The largest absolute Gasteiger partial charge is 0.350 e. The lowest BCUT2D eigenvalue weighted by Crippen LogP contribution is -2.38. The number of nitrogens with two attached hydrogens (primary N) is 1. The molecule has 3 rings (SSSR count). The standard InChI is InChI=1S/C18H23N3O3/c1-2-3-8-21-17(23)13-7-6-12(9-14(13)18(21)24)16(22)20-10-15(19)11-4-5-11/h6-7,9,11,15H,2-5,8,10,19H2,1H3,(H,20,22). The van der Waals surface area contributed by atoms with Gasteiger partial charge in [0.1, 0.15) is 0 Å². The molecule has 1 aliphatic carbocycles. The maximum atomic E-state index is 12.4. The third-order valence-corrected chi connectivity index (χ3v) is 4.69. The molecule has 3 N–H and O–H groups in total. The molecule has 6 nitrogen and oxygen atoms in total. The lowest BCUT2D eigenvalue weighted by molar-refractivity contribution is 0.0652. The molecule has 24 heavy (non-hydrogen) atoms. The number of carbonyl (C=O) groups excluding carboxylic acids is 3. The van der Waals surface area contributed by atoms with Crippen LogP contribution >= 0.6 is 0 Å². The van der Waals surface area contributed by atoms with Crippen LogP contribution in [0.5, 0.6) is 0 Å². The molecule has 0 radical (unpaired) electrons. The maximum Gasteiger partial charge on any atom is 0.261 e. The molecule has 0 bridgehead atoms. The maximum absolute atomic E-state index is 12.4. The summed E-state index contributed by atoms with van der Waals surface area (Å²) >= 11 is 0. The lowest BCUT2D eigenvalue weighted by Gasteiger charge is -2.12. The normalized spacial score (nSPS) is 17.8. The van der Waals surface area contributed by atoms with Gasteiger partial charge in [-0.05, 0) is 43.4 Å². The Labute approximate surface area is 141 Å². The van der Waals surface area contributed by atoms with Gasteiger partial charge < -0.3 is 11.1 Å². The fourth-order valence-electron chi connectivity index (χ4n) is 2.95. The van der Waals surface area contributed by atoms with Crippen molar-refractivity contribution >= 4 is 17.7 Å². The van der Waals surface area contributed by atoms with Gasteiger partial charge in [-0.3, -0.25) is 19.3 Å². The van der Waals surface area contributed by atoms with E-state index in [1.54, 1.807) is 12.1 Å². The first-order chi connectivity index (χ1) is 11.5. The monoisotopic (exact) mass is 329 g/mol. The number of hydrogen-bond donors (Lipinski definition) is 2. The molecule has 3 amide bonds. The number of nitrogens with zero attached hydrogens (tertiary/aromatic N) is 1. The molecular formula is C18H23N3O3. The van der Waals surface area contributed by atoms with Crippen molar-refractivity contribution in [1.29, 1.82) is 0 Å². The van der Waals surface area contributed by atoms with Crippen molar-refractivity contribution < 1.29 is 14.4 Å². The Bertz CT molecular complexity index is 682. The highest BCUT2D eigenvalue weighted by atomic mass is 16.2. The summed E-state index contributed by atoms with van der Waals surface area (Å²) in [7, 11) is 0. The van der Waals surface area contributed by atoms with Crippen LogP contribution in [0.1, 0.15) is 63.7 Å². The van der Waals surface area contributed by atoms with Gasteiger partial charge in [-0.2, -0.15) is 0 Å². The third-order valence-electron chi connectivity index (χ3n) is 4.69. The topological polar surface area (TPSA) is 92.5 Å². The quantitative estimate of drug-likeness (QED) is 0.742. The summed E-state index contributed by atoms with van der Waals surface area (Å²) in [5.74, 6) is -0.336. The van der Waals surface area contributed by atoms with Gasteiger partial charge in [0.15, 0.2) is 0 Å². The van der Waals surface area contributed by atoms with Gasteiger partial charge in [0.25, 0.3) is 17.7 Å². The van der Waals surface area contributed by atoms with Crippen molar-refractivity contribution in [2.24, 2.45) is 11.7 Å². The molecule has 2 aliphatic rings. The lowest BCUT2D eigenvalue weighted by atomic mass is 10.1. The molecule has 1 unspecified atom stereocenters. The SMILES string of the molecule is CCCCN1C(=O)c2ccc(C(=O)NCC(N)C3CC3)cc2C1=O. The van der Waals surface area contributed by atoms with E-state index >= 15 is 0 Å². The minimum absolute atomic E-state index is 0.0175. The molecule has 0 aromatic heterocycles. The van der Waals surface area contributed by atoms with E-state index in [4.69, 9.17) is 5.73 Å². The number of hydrogen-bond acceptors (Lipinski definition) is 4. The number of fused-ring (bicyclic) bond motifs is 1. The molecule has 128 valence electrons. The smallest absolute Gasteiger partial charge is 0.261 e. The van der Waals surface area contributed by atoms with E-state index in [1.807, 2.05) is 6.92 Å². The molecule has 1 saturated carbocycles. The van der Waals surface area contributed by atoms with E-state index in [0.717, 1.165) is 25.7 Å². The molecule has 0 saturated heterocycles. The number of imide groups is 1. The van der Waals surface area contributed by atoms with Gasteiger partial charge >= 0.3 is 0 Å². The summed E-state index contributed by atoms with van der Waals surface area (Å²) in [6, 6.07) is 4.65. The van der Waals surface area contributed by atoms with E-state index in [0.29, 0.717) is 35.7 Å². The average molecular weight is 329 g/mol. The molecule has 1 aromatic rings. The molecule has 1 atom stereocenters. The Morgan fingerprint density at radius 3 is 2.67 bits per heavy atom. The van der Waals surface area contributed by atoms with Crippen LogP contribution in [0.2, 0.25) is 0 Å². The zero-order chi connectivity index (χ0) is 17.3. The Kier molecular flexibility index (Phi) is 4.66. The molecule has 1 aliphatic heterocycles. The molecule has 1 heterocycles. The van der Waals surface area contributed by atoms with Gasteiger partial charge in [-0.15, -0.1) is 0 Å². The van der Waals surface area contributed by atoms with Crippen molar-refractivity contribution in [2.45, 2.75) is 38.6 Å². The molecule has 1 fully saturated rings. The number of rotatable bonds is 7. The fraction of sp³-hybridized carbons (Fsp3) is 0.500. The Hall–Kier alpha value is -2.21. The van der Waals surface area contributed by atoms with Crippen LogP contribution in [0, 0.1) is 5.92 Å². The Balaban J connectivity index is 1.70. The molecule has 6 heteroatoms. The summed E-state index contributed by atoms with van der Waals surface area (Å²) in [6.07, 6.45) is 3.93. The van der Waals surface area contributed by atoms with Crippen LogP contribution in [0.4, 0.5) is 0 Å². The predicted octanol–water partition coefficient (Wildman–Crippen LogP) is 1.55. The number of amides is 3. The van der Waals surface area contributed by atoms with E-state index in [1.165, 1.54) is 11.0 Å². The van der Waals surface area contributed by atoms with Gasteiger partial charge in [0.2, 0.25) is 0 Å². The number of benzene rings is 1. The molecular weight excluding hydrogens is 306 g/mol. The van der Waals surface area contributed by atoms with E-state index in [9.17, 15) is 14.4 Å². The summed E-state index contributed by atoms with van der Waals surface area (Å²) in [5.41, 5.74) is 7.06. The highest BCUT2D eigenvalue weighted by molar-refractivity contribution is 6.22. The summed E-state index contributed by atoms with van der Waals surface area (Å²) in [4.78, 5) is 38.2. The minimum Gasteiger partial charge on any atom is -0.350 e. The van der Waals surface area contributed by atoms with Gasteiger partial charge in [-0.1, -0.05) is 13.3 Å². The first-order valence-electron chi connectivity index (χ1n) is 8.57. The van der Waals surface area contributed by atoms with Crippen LogP contribution in [-0.4, -0.2) is 41.8 Å². The summed E-state index contributed by atoms with van der Waals surface area (Å²) in [6.45, 7) is 2.85. The van der Waals surface area contributed by atoms with Crippen LogP contribution in [0.25, 0.3) is 0 Å². The van der Waals surface area contributed by atoms with Crippen LogP contribution in [-0.2, 0) is 0 Å². The van der Waals surface area contributed by atoms with Crippen LogP contribution < -0.4 is 11.1 Å². The van der Waals surface area contributed by atoms with Crippen molar-refractivity contribution in [2.75, 3.05) is 13.1 Å². The van der Waals surface area contributed by atoms with E-state index in [-0.39, 0.29) is 23.8 Å². The minimum atomic E-state index is -0.312. The van der Waals surface area contributed by atoms with Gasteiger partial charge in [-0.25, -0.2) is 0 Å². The third kappa shape index (κ3) is 3.19. The highest BCUT2D eigenvalue weighted by Gasteiger charge is 2.35. The van der Waals surface area contributed by atoms with Gasteiger partial charge in [0, 0.05) is 24.7 Å². The van der Waals surface area contributed by atoms with Crippen molar-refractivity contribution in [3.05, 3.63) is 34.9 Å². The second-order valence-corrected chi connectivity index (χ2v) is 6.59. The highest BCUT2D eigenvalue weighted by Crippen LogP contribution is 2.31. The Morgan fingerprint density at radius 2 is 2.00 bits per heavy atom. The number of unbranched alkanes of at least 4 members (excludes halogenated alkanes) is 1. The number of nitrogens with one attached hydrogen (secondary N) is 1. The second kappa shape index (κ2) is 6.73. The Morgan fingerprint density at radius 1 is 1.29 bits per heavy atom. The fourth-order valence-corrected chi connectivity index (χ4v) is 2.95. The second-order valence-electron chi connectivity index (χ2n) is 6.59. The summed E-state index contributed by atoms with van der Waals surface area (Å²) < 4.78 is 0.